The zero-order chi connectivity index (χ0) is 49.5. The average molecular weight is 942 g/mol. The van der Waals surface area contributed by atoms with Crippen molar-refractivity contribution < 1.29 is 31.7 Å². The summed E-state index contributed by atoms with van der Waals surface area (Å²) in [6, 6.07) is 57.9. The molecule has 0 aromatic heterocycles. The fourth-order valence-corrected chi connectivity index (χ4v) is 8.45. The Morgan fingerprint density at radius 2 is 0.826 bits per heavy atom. The largest absolute Gasteiger partial charge is 0.384 e. The quantitative estimate of drug-likeness (QED) is 0.0854. The summed E-state index contributed by atoms with van der Waals surface area (Å²) in [6.45, 7) is 15.1. The van der Waals surface area contributed by atoms with Crippen LogP contribution in [-0.4, -0.2) is 32.3 Å². The van der Waals surface area contributed by atoms with Crippen molar-refractivity contribution in [1.82, 2.24) is 0 Å². The van der Waals surface area contributed by atoms with Crippen molar-refractivity contribution in [2.75, 3.05) is 0 Å². The highest BCUT2D eigenvalue weighted by molar-refractivity contribution is 7.85. The lowest BCUT2D eigenvalue weighted by Crippen LogP contribution is -2.06. The van der Waals surface area contributed by atoms with Crippen LogP contribution in [0, 0.1) is 55.4 Å². The number of hydrogen-bond donors (Lipinski definition) is 2. The minimum atomic E-state index is -4.36. The van der Waals surface area contributed by atoms with E-state index in [2.05, 4.69) is 12.1 Å². The SMILES string of the molecule is Cc1cc(C(F)c2ccccc2)c(C)c(S(=O)(=O)O)c1.Cc1ccc(C)c(C(=O)c2ccccc2)c1.Cc1ccc(C)c(C(F)c2ccccc2)c1.Cc1ccc(C)c(C(O)c2ccccc2)c1.[B]. The standard InChI is InChI=1S/C15H15FO3S.C15H15F.C15H16O.C15H14O.B/c1-10-8-13(11(2)14(9-10)20(17,18)19)15(16)12-6-4-3-5-7-12;3*1-11-8-9-12(2)14(10-11)15(16)13-6-4-3-5-7-13;/h3-9,15H,1-2H3,(H,17,18,19);3-10,15H,1-2H3;3-10,15-16H,1-2H3;3-10H,1-2H3;. The average Bonchev–Trinajstić information content (AvgIpc) is 3.35. The molecule has 69 heavy (non-hydrogen) atoms. The first-order valence-electron chi connectivity index (χ1n) is 22.4. The van der Waals surface area contributed by atoms with Crippen LogP contribution in [0.4, 0.5) is 8.78 Å². The summed E-state index contributed by atoms with van der Waals surface area (Å²) in [4.78, 5) is 12.0. The summed E-state index contributed by atoms with van der Waals surface area (Å²) < 4.78 is 60.8. The van der Waals surface area contributed by atoms with Crippen LogP contribution in [0.5, 0.6) is 0 Å². The molecule has 0 spiro atoms. The Hall–Kier alpha value is -6.78. The number of alkyl halides is 2. The van der Waals surface area contributed by atoms with Gasteiger partial charge in [0.2, 0.25) is 0 Å². The van der Waals surface area contributed by atoms with Crippen molar-refractivity contribution in [3.63, 3.8) is 0 Å². The molecule has 3 atom stereocenters. The van der Waals surface area contributed by atoms with Crippen molar-refractivity contribution in [3.8, 4) is 0 Å². The number of carbonyl (C=O) groups is 1. The highest BCUT2D eigenvalue weighted by atomic mass is 32.2. The summed E-state index contributed by atoms with van der Waals surface area (Å²) >= 11 is 0. The van der Waals surface area contributed by atoms with E-state index in [4.69, 9.17) is 0 Å². The van der Waals surface area contributed by atoms with E-state index in [0.29, 0.717) is 11.1 Å². The molecule has 5 nitrogen and oxygen atoms in total. The fraction of sp³-hybridized carbons (Fsp3) is 0.183. The fourth-order valence-electron chi connectivity index (χ4n) is 7.61. The Balaban J connectivity index is 0.000000200. The van der Waals surface area contributed by atoms with E-state index < -0.39 is 28.6 Å². The molecule has 2 N–H and O–H groups in total. The predicted molar refractivity (Wildman–Crippen MR) is 278 cm³/mol. The lowest BCUT2D eigenvalue weighted by Gasteiger charge is -2.15. The molecule has 8 aromatic rings. The van der Waals surface area contributed by atoms with E-state index in [0.717, 1.165) is 61.2 Å². The van der Waals surface area contributed by atoms with Crippen LogP contribution in [0.15, 0.2) is 193 Å². The lowest BCUT2D eigenvalue weighted by atomic mass is 9.96. The number of hydrogen-bond acceptors (Lipinski definition) is 4. The molecule has 0 saturated carbocycles. The number of aryl methyl sites for hydroxylation is 7. The summed E-state index contributed by atoms with van der Waals surface area (Å²) in [6.07, 6.45) is -2.99. The molecule has 0 bridgehead atoms. The number of aliphatic hydroxyl groups excluding tert-OH is 1. The van der Waals surface area contributed by atoms with Gasteiger partial charge in [-0.3, -0.25) is 9.35 Å². The first-order chi connectivity index (χ1) is 32.3. The monoisotopic (exact) mass is 941 g/mol. The van der Waals surface area contributed by atoms with Crippen LogP contribution in [0.2, 0.25) is 0 Å². The van der Waals surface area contributed by atoms with Gasteiger partial charge in [-0.1, -0.05) is 193 Å². The predicted octanol–water partition coefficient (Wildman–Crippen LogP) is 14.5. The number of rotatable bonds is 9. The second-order valence-electron chi connectivity index (χ2n) is 17.0. The van der Waals surface area contributed by atoms with Gasteiger partial charge in [-0.15, -0.1) is 0 Å². The zero-order valence-corrected chi connectivity index (χ0v) is 41.3. The maximum Gasteiger partial charge on any atom is 0.294 e. The molecule has 0 heterocycles. The molecule has 0 aliphatic carbocycles. The van der Waals surface area contributed by atoms with E-state index in [1.807, 2.05) is 175 Å². The van der Waals surface area contributed by atoms with E-state index in [9.17, 15) is 31.7 Å². The minimum absolute atomic E-state index is 0. The molecular formula is C60H60BF2O5S. The van der Waals surface area contributed by atoms with E-state index in [1.54, 1.807) is 43.3 Å². The molecule has 3 unspecified atom stereocenters. The van der Waals surface area contributed by atoms with Crippen LogP contribution in [0.25, 0.3) is 0 Å². The van der Waals surface area contributed by atoms with Crippen molar-refractivity contribution >= 4 is 24.3 Å². The first-order valence-corrected chi connectivity index (χ1v) is 23.8. The smallest absolute Gasteiger partial charge is 0.294 e. The third kappa shape index (κ3) is 15.4. The van der Waals surface area contributed by atoms with Crippen LogP contribution in [-0.2, 0) is 10.1 Å². The highest BCUT2D eigenvalue weighted by Crippen LogP contribution is 2.33. The third-order valence-corrected chi connectivity index (χ3v) is 12.5. The normalized spacial score (nSPS) is 11.9. The molecule has 0 saturated heterocycles. The van der Waals surface area contributed by atoms with Crippen LogP contribution in [0.3, 0.4) is 0 Å². The van der Waals surface area contributed by atoms with Gasteiger partial charge in [-0.05, 0) is 129 Å². The summed E-state index contributed by atoms with van der Waals surface area (Å²) in [7, 11) is -4.36. The van der Waals surface area contributed by atoms with Crippen molar-refractivity contribution in [2.45, 2.75) is 78.7 Å². The second kappa shape index (κ2) is 25.6. The summed E-state index contributed by atoms with van der Waals surface area (Å²) in [5.74, 6) is 0.0989. The maximum atomic E-state index is 14.6. The molecule has 9 heteroatoms. The van der Waals surface area contributed by atoms with Gasteiger partial charge in [-0.25, -0.2) is 8.78 Å². The second-order valence-corrected chi connectivity index (χ2v) is 18.4. The van der Waals surface area contributed by atoms with Gasteiger partial charge in [0.1, 0.15) is 6.10 Å². The molecule has 8 rings (SSSR count). The summed E-state index contributed by atoms with van der Waals surface area (Å²) in [5.41, 5.74) is 13.0. The molecule has 8 aromatic carbocycles. The first kappa shape index (κ1) is 54.8. The topological polar surface area (TPSA) is 91.7 Å². The van der Waals surface area contributed by atoms with Gasteiger partial charge in [0, 0.05) is 19.5 Å². The van der Waals surface area contributed by atoms with Gasteiger partial charge in [0.05, 0.1) is 4.90 Å². The summed E-state index contributed by atoms with van der Waals surface area (Å²) in [5, 5.41) is 10.3. The Bertz CT molecular complexity index is 2930. The number of ketones is 1. The molecule has 0 amide bonds. The Morgan fingerprint density at radius 1 is 0.449 bits per heavy atom. The van der Waals surface area contributed by atoms with E-state index in [1.165, 1.54) is 18.6 Å². The molecular weight excluding hydrogens is 882 g/mol. The van der Waals surface area contributed by atoms with Crippen LogP contribution >= 0.6 is 0 Å². The molecule has 0 aliphatic rings. The highest BCUT2D eigenvalue weighted by Gasteiger charge is 2.22. The van der Waals surface area contributed by atoms with Gasteiger partial charge in [0.15, 0.2) is 18.1 Å². The van der Waals surface area contributed by atoms with Gasteiger partial charge < -0.3 is 5.11 Å². The Kier molecular flexibility index (Phi) is 20.3. The van der Waals surface area contributed by atoms with Crippen molar-refractivity contribution in [2.24, 2.45) is 0 Å². The Morgan fingerprint density at radius 3 is 1.30 bits per heavy atom. The number of benzene rings is 8. The van der Waals surface area contributed by atoms with E-state index >= 15 is 0 Å². The zero-order valence-electron chi connectivity index (χ0n) is 40.5. The van der Waals surface area contributed by atoms with E-state index in [-0.39, 0.29) is 30.2 Å². The van der Waals surface area contributed by atoms with Crippen LogP contribution < -0.4 is 0 Å². The van der Waals surface area contributed by atoms with Gasteiger partial charge >= 0.3 is 0 Å². The van der Waals surface area contributed by atoms with Crippen molar-refractivity contribution in [3.05, 3.63) is 277 Å². The van der Waals surface area contributed by atoms with Crippen LogP contribution in [0.1, 0.15) is 112 Å². The number of aliphatic hydroxyl groups is 1. The third-order valence-electron chi connectivity index (χ3n) is 11.5. The van der Waals surface area contributed by atoms with Crippen molar-refractivity contribution in [1.29, 1.82) is 0 Å². The number of halogens is 2. The molecule has 3 radical (unpaired) electrons. The Labute approximate surface area is 409 Å². The van der Waals surface area contributed by atoms with Gasteiger partial charge in [0.25, 0.3) is 10.1 Å². The molecule has 0 aliphatic heterocycles. The number of carbonyl (C=O) groups excluding carboxylic acids is 1. The minimum Gasteiger partial charge on any atom is -0.384 e. The molecule has 353 valence electrons. The molecule has 0 fully saturated rings. The lowest BCUT2D eigenvalue weighted by molar-refractivity contribution is 0.103. The maximum absolute atomic E-state index is 14.6. The van der Waals surface area contributed by atoms with Gasteiger partial charge in [-0.2, -0.15) is 8.42 Å².